The molecule has 0 unspecified atom stereocenters. The topological polar surface area (TPSA) is 46.2 Å². The van der Waals surface area contributed by atoms with Gasteiger partial charge in [-0.05, 0) is 41.6 Å². The summed E-state index contributed by atoms with van der Waals surface area (Å²) < 4.78 is 0. The second kappa shape index (κ2) is 4.55. The number of anilines is 1. The third-order valence-electron chi connectivity index (χ3n) is 3.14. The molecule has 0 radical (unpaired) electrons. The third kappa shape index (κ3) is 2.04. The number of amides is 1. The van der Waals surface area contributed by atoms with Gasteiger partial charge in [0.05, 0.1) is 11.3 Å². The molecule has 1 heterocycles. The summed E-state index contributed by atoms with van der Waals surface area (Å²) in [6, 6.07) is 13.6. The normalized spacial score (nSPS) is 13.3. The van der Waals surface area contributed by atoms with E-state index in [9.17, 15) is 9.59 Å². The van der Waals surface area contributed by atoms with Gasteiger partial charge in [0.1, 0.15) is 0 Å². The Kier molecular flexibility index (Phi) is 2.87. The van der Waals surface area contributed by atoms with Crippen LogP contribution in [0.3, 0.4) is 0 Å². The molecule has 0 saturated carbocycles. The molecular weight excluding hydrogens is 258 g/mol. The fourth-order valence-electron chi connectivity index (χ4n) is 2.11. The number of carbonyl (C=O) groups is 2. The Labute approximate surface area is 115 Å². The molecular formula is C15H11NO2S. The lowest BCUT2D eigenvalue weighted by Gasteiger charge is -2.05. The molecule has 1 N–H and O–H groups in total. The number of rotatable bonds is 2. The van der Waals surface area contributed by atoms with Gasteiger partial charge in [0.2, 0.25) is 0 Å². The molecule has 0 atom stereocenters. The van der Waals surface area contributed by atoms with Crippen LogP contribution in [0.2, 0.25) is 0 Å². The molecule has 0 saturated heterocycles. The van der Waals surface area contributed by atoms with Gasteiger partial charge in [0.15, 0.2) is 0 Å². The summed E-state index contributed by atoms with van der Waals surface area (Å²) >= 11 is 1.68. The van der Waals surface area contributed by atoms with Crippen molar-refractivity contribution in [3.63, 3.8) is 0 Å². The summed E-state index contributed by atoms with van der Waals surface area (Å²) in [5, 5.41) is 2.55. The maximum atomic E-state index is 11.7. The summed E-state index contributed by atoms with van der Waals surface area (Å²) in [5.74, 6) is -1.01. The molecule has 0 bridgehead atoms. The predicted octanol–water partition coefficient (Wildman–Crippen LogP) is 3.21. The number of ketones is 1. The Morgan fingerprint density at radius 2 is 1.63 bits per heavy atom. The van der Waals surface area contributed by atoms with E-state index in [0.29, 0.717) is 11.3 Å². The first kappa shape index (κ1) is 12.0. The number of thioether (sulfide) groups is 1. The van der Waals surface area contributed by atoms with Gasteiger partial charge in [0, 0.05) is 4.90 Å². The van der Waals surface area contributed by atoms with Crippen molar-refractivity contribution in [2.24, 2.45) is 0 Å². The van der Waals surface area contributed by atoms with Gasteiger partial charge < -0.3 is 5.32 Å². The minimum atomic E-state index is -0.551. The molecule has 1 aliphatic rings. The zero-order chi connectivity index (χ0) is 13.4. The van der Waals surface area contributed by atoms with E-state index in [1.54, 1.807) is 23.9 Å². The van der Waals surface area contributed by atoms with Crippen molar-refractivity contribution in [2.45, 2.75) is 4.90 Å². The average Bonchev–Trinajstić information content (AvgIpc) is 2.74. The first-order valence-electron chi connectivity index (χ1n) is 5.83. The lowest BCUT2D eigenvalue weighted by Crippen LogP contribution is -2.12. The molecule has 94 valence electrons. The van der Waals surface area contributed by atoms with Crippen LogP contribution >= 0.6 is 11.8 Å². The zero-order valence-corrected chi connectivity index (χ0v) is 11.1. The Morgan fingerprint density at radius 3 is 2.32 bits per heavy atom. The summed E-state index contributed by atoms with van der Waals surface area (Å²) in [7, 11) is 0. The first-order valence-corrected chi connectivity index (χ1v) is 7.05. The second-order valence-electron chi connectivity index (χ2n) is 4.27. The molecule has 2 aromatic carbocycles. The highest BCUT2D eigenvalue weighted by atomic mass is 32.2. The molecule has 3 nitrogen and oxygen atoms in total. The maximum Gasteiger partial charge on any atom is 0.296 e. The van der Waals surface area contributed by atoms with Crippen LogP contribution < -0.4 is 5.32 Å². The number of hydrogen-bond acceptors (Lipinski definition) is 3. The third-order valence-corrected chi connectivity index (χ3v) is 3.89. The Bertz CT molecular complexity index is 677. The van der Waals surface area contributed by atoms with Gasteiger partial charge in [-0.1, -0.05) is 18.2 Å². The van der Waals surface area contributed by atoms with Crippen molar-refractivity contribution in [2.75, 3.05) is 11.6 Å². The highest BCUT2D eigenvalue weighted by molar-refractivity contribution is 7.98. The summed E-state index contributed by atoms with van der Waals surface area (Å²) in [4.78, 5) is 24.2. The fraction of sp³-hybridized carbons (Fsp3) is 0.0667. The van der Waals surface area contributed by atoms with E-state index in [1.165, 1.54) is 4.90 Å². The fourth-order valence-corrected chi connectivity index (χ4v) is 2.51. The van der Waals surface area contributed by atoms with Crippen molar-refractivity contribution < 1.29 is 9.59 Å². The van der Waals surface area contributed by atoms with Crippen molar-refractivity contribution in [3.05, 3.63) is 48.0 Å². The van der Waals surface area contributed by atoms with Gasteiger partial charge >= 0.3 is 0 Å². The maximum absolute atomic E-state index is 11.7. The van der Waals surface area contributed by atoms with Gasteiger partial charge in [-0.25, -0.2) is 0 Å². The minimum Gasteiger partial charge on any atom is -0.318 e. The summed E-state index contributed by atoms with van der Waals surface area (Å²) in [6.45, 7) is 0. The average molecular weight is 269 g/mol. The molecule has 0 aromatic heterocycles. The van der Waals surface area contributed by atoms with E-state index >= 15 is 0 Å². The molecule has 0 spiro atoms. The predicted molar refractivity (Wildman–Crippen MR) is 76.6 cm³/mol. The molecule has 3 rings (SSSR count). The molecule has 2 aromatic rings. The number of fused-ring (bicyclic) bond motifs is 1. The monoisotopic (exact) mass is 269 g/mol. The Morgan fingerprint density at radius 1 is 0.947 bits per heavy atom. The van der Waals surface area contributed by atoms with E-state index in [4.69, 9.17) is 0 Å². The van der Waals surface area contributed by atoms with Crippen LogP contribution in [-0.4, -0.2) is 17.9 Å². The summed E-state index contributed by atoms with van der Waals surface area (Å²) in [6.07, 6.45) is 2.03. The van der Waals surface area contributed by atoms with E-state index in [1.807, 2.05) is 36.6 Å². The highest BCUT2D eigenvalue weighted by Crippen LogP contribution is 2.29. The molecule has 0 fully saturated rings. The van der Waals surface area contributed by atoms with Crippen LogP contribution in [0.15, 0.2) is 47.4 Å². The molecule has 19 heavy (non-hydrogen) atoms. The number of hydrogen-bond donors (Lipinski definition) is 1. The number of Topliss-reactive ketones (excluding diaryl/α,β-unsaturated/α-hetero) is 1. The molecule has 4 heteroatoms. The second-order valence-corrected chi connectivity index (χ2v) is 5.15. The number of benzene rings is 2. The van der Waals surface area contributed by atoms with Crippen molar-refractivity contribution in [3.8, 4) is 11.1 Å². The van der Waals surface area contributed by atoms with Crippen LogP contribution in [0.4, 0.5) is 5.69 Å². The lowest BCUT2D eigenvalue weighted by molar-refractivity contribution is -0.112. The summed E-state index contributed by atoms with van der Waals surface area (Å²) in [5.41, 5.74) is 3.03. The van der Waals surface area contributed by atoms with Gasteiger partial charge in [-0.3, -0.25) is 9.59 Å². The van der Waals surface area contributed by atoms with Gasteiger partial charge in [0.25, 0.3) is 11.7 Å². The van der Waals surface area contributed by atoms with Crippen LogP contribution in [0.25, 0.3) is 11.1 Å². The van der Waals surface area contributed by atoms with Gasteiger partial charge in [-0.2, -0.15) is 0 Å². The highest BCUT2D eigenvalue weighted by Gasteiger charge is 2.27. The Balaban J connectivity index is 2.03. The van der Waals surface area contributed by atoms with Crippen LogP contribution in [-0.2, 0) is 4.79 Å². The smallest absolute Gasteiger partial charge is 0.296 e. The zero-order valence-electron chi connectivity index (χ0n) is 10.3. The molecule has 1 aliphatic heterocycles. The lowest BCUT2D eigenvalue weighted by atomic mass is 10.0. The minimum absolute atomic E-state index is 0.455. The SMILES string of the molecule is CSc1ccc(-c2ccc3c(c2)C(=O)C(=O)N3)cc1. The van der Waals surface area contributed by atoms with Crippen molar-refractivity contribution in [1.82, 2.24) is 0 Å². The van der Waals surface area contributed by atoms with E-state index in [0.717, 1.165) is 11.1 Å². The largest absolute Gasteiger partial charge is 0.318 e. The van der Waals surface area contributed by atoms with Gasteiger partial charge in [-0.15, -0.1) is 11.8 Å². The number of carbonyl (C=O) groups excluding carboxylic acids is 2. The molecule has 1 amide bonds. The van der Waals surface area contributed by atoms with E-state index in [-0.39, 0.29) is 0 Å². The van der Waals surface area contributed by atoms with Crippen LogP contribution in [0, 0.1) is 0 Å². The van der Waals surface area contributed by atoms with Crippen molar-refractivity contribution >= 4 is 29.1 Å². The Hall–Kier alpha value is -2.07. The first-order chi connectivity index (χ1) is 9.19. The van der Waals surface area contributed by atoms with E-state index in [2.05, 4.69) is 5.32 Å². The van der Waals surface area contributed by atoms with Crippen LogP contribution in [0.5, 0.6) is 0 Å². The number of nitrogens with one attached hydrogen (secondary N) is 1. The quantitative estimate of drug-likeness (QED) is 0.672. The van der Waals surface area contributed by atoms with E-state index < -0.39 is 11.7 Å². The molecule has 0 aliphatic carbocycles. The van der Waals surface area contributed by atoms with Crippen LogP contribution in [0.1, 0.15) is 10.4 Å². The standard InChI is InChI=1S/C15H11NO2S/c1-19-11-5-2-9(3-6-11)10-4-7-13-12(8-10)14(17)15(18)16-13/h2-8H,1H3,(H,16,17,18). The van der Waals surface area contributed by atoms with Crippen molar-refractivity contribution in [1.29, 1.82) is 0 Å².